The molecular weight excluding hydrogens is 225 g/mol. The lowest BCUT2D eigenvalue weighted by Gasteiger charge is -2.07. The third-order valence-electron chi connectivity index (χ3n) is 4.53. The van der Waals surface area contributed by atoms with Gasteiger partial charge in [-0.25, -0.2) is 0 Å². The molecule has 0 heterocycles. The van der Waals surface area contributed by atoms with Gasteiger partial charge >= 0.3 is 0 Å². The van der Waals surface area contributed by atoms with Crippen LogP contribution in [0, 0.1) is 23.7 Å². The van der Waals surface area contributed by atoms with Crippen LogP contribution >= 0.6 is 9.24 Å². The van der Waals surface area contributed by atoms with Gasteiger partial charge in [-0.3, -0.25) is 0 Å². The van der Waals surface area contributed by atoms with Crippen LogP contribution in [0.5, 0.6) is 0 Å². The average Bonchev–Trinajstić information content (AvgIpc) is 2.87. The molecule has 102 valence electrons. The first-order valence-corrected chi connectivity index (χ1v) is 8.18. The SMILES string of the molecule is CC(P)CCCCCC1C(C)C1CC(C)CN. The predicted octanol–water partition coefficient (Wildman–Crippen LogP) is 4.07. The van der Waals surface area contributed by atoms with Crippen LogP contribution in [-0.4, -0.2) is 12.2 Å². The Morgan fingerprint density at radius 3 is 2.41 bits per heavy atom. The molecule has 0 saturated heterocycles. The fraction of sp³-hybridized carbons (Fsp3) is 1.00. The zero-order valence-electron chi connectivity index (χ0n) is 12.0. The van der Waals surface area contributed by atoms with Crippen LogP contribution in [0.2, 0.25) is 0 Å². The second-order valence-corrected chi connectivity index (χ2v) is 7.52. The molecule has 1 saturated carbocycles. The summed E-state index contributed by atoms with van der Waals surface area (Å²) >= 11 is 0. The largest absolute Gasteiger partial charge is 0.330 e. The Balaban J connectivity index is 2.01. The normalized spacial score (nSPS) is 31.2. The van der Waals surface area contributed by atoms with Gasteiger partial charge in [-0.05, 0) is 55.1 Å². The van der Waals surface area contributed by atoms with Gasteiger partial charge in [0.15, 0.2) is 0 Å². The smallest absolute Gasteiger partial charge is 0.00514 e. The summed E-state index contributed by atoms with van der Waals surface area (Å²) in [5.41, 5.74) is 6.50. The quantitative estimate of drug-likeness (QED) is 0.489. The highest BCUT2D eigenvalue weighted by Gasteiger charge is 2.45. The number of nitrogens with two attached hydrogens (primary N) is 1. The summed E-state index contributed by atoms with van der Waals surface area (Å²) < 4.78 is 0. The van der Waals surface area contributed by atoms with E-state index in [1.54, 1.807) is 0 Å². The maximum absolute atomic E-state index is 5.71. The summed E-state index contributed by atoms with van der Waals surface area (Å²) in [5, 5.41) is 0. The van der Waals surface area contributed by atoms with Crippen molar-refractivity contribution in [1.29, 1.82) is 0 Å². The first kappa shape index (κ1) is 15.4. The van der Waals surface area contributed by atoms with E-state index in [1.165, 1.54) is 38.5 Å². The Bertz CT molecular complexity index is 205. The van der Waals surface area contributed by atoms with E-state index in [0.717, 1.165) is 35.9 Å². The molecule has 6 atom stereocenters. The molecule has 2 N–H and O–H groups in total. The molecular formula is C15H32NP. The van der Waals surface area contributed by atoms with Crippen molar-refractivity contribution in [3.63, 3.8) is 0 Å². The van der Waals surface area contributed by atoms with Gasteiger partial charge in [-0.15, -0.1) is 9.24 Å². The van der Waals surface area contributed by atoms with Crippen molar-refractivity contribution in [3.05, 3.63) is 0 Å². The maximum Gasteiger partial charge on any atom is -0.00514 e. The lowest BCUT2D eigenvalue weighted by molar-refractivity contribution is 0.466. The average molecular weight is 257 g/mol. The van der Waals surface area contributed by atoms with Crippen molar-refractivity contribution >= 4 is 9.24 Å². The standard InChI is InChI=1S/C15H32NP/c1-11(10-16)9-15-13(3)14(15)8-6-4-5-7-12(2)17/h11-15H,4-10,16-17H2,1-3H3. The Morgan fingerprint density at radius 2 is 1.82 bits per heavy atom. The molecule has 0 radical (unpaired) electrons. The third kappa shape index (κ3) is 5.71. The van der Waals surface area contributed by atoms with Crippen LogP contribution in [0.1, 0.15) is 59.3 Å². The Labute approximate surface area is 111 Å². The molecule has 1 aliphatic rings. The van der Waals surface area contributed by atoms with Crippen LogP contribution < -0.4 is 5.73 Å². The molecule has 0 aliphatic heterocycles. The van der Waals surface area contributed by atoms with E-state index < -0.39 is 0 Å². The molecule has 0 aromatic rings. The van der Waals surface area contributed by atoms with E-state index >= 15 is 0 Å². The van der Waals surface area contributed by atoms with Gasteiger partial charge in [0.25, 0.3) is 0 Å². The molecule has 2 heteroatoms. The second kappa shape index (κ2) is 7.74. The zero-order chi connectivity index (χ0) is 12.8. The minimum atomic E-state index is 0.727. The molecule has 0 spiro atoms. The van der Waals surface area contributed by atoms with Crippen molar-refractivity contribution in [2.24, 2.45) is 29.4 Å². The summed E-state index contributed by atoms with van der Waals surface area (Å²) in [7, 11) is 2.90. The molecule has 1 fully saturated rings. The van der Waals surface area contributed by atoms with E-state index in [1.807, 2.05) is 0 Å². The molecule has 0 aromatic heterocycles. The van der Waals surface area contributed by atoms with Crippen molar-refractivity contribution in [2.45, 2.75) is 65.0 Å². The number of rotatable bonds is 9. The number of hydrogen-bond acceptors (Lipinski definition) is 1. The fourth-order valence-electron chi connectivity index (χ4n) is 3.09. The molecule has 1 aliphatic carbocycles. The highest BCUT2D eigenvalue weighted by Crippen LogP contribution is 2.52. The molecule has 0 bridgehead atoms. The van der Waals surface area contributed by atoms with Crippen LogP contribution in [0.25, 0.3) is 0 Å². The molecule has 0 aromatic carbocycles. The maximum atomic E-state index is 5.71. The van der Waals surface area contributed by atoms with Crippen molar-refractivity contribution in [3.8, 4) is 0 Å². The van der Waals surface area contributed by atoms with Gasteiger partial charge in [0.1, 0.15) is 0 Å². The Morgan fingerprint density at radius 1 is 1.12 bits per heavy atom. The first-order chi connectivity index (χ1) is 8.06. The summed E-state index contributed by atoms with van der Waals surface area (Å²) in [4.78, 5) is 0. The summed E-state index contributed by atoms with van der Waals surface area (Å²) in [5.74, 6) is 3.72. The lowest BCUT2D eigenvalue weighted by atomic mass is 10.0. The highest BCUT2D eigenvalue weighted by molar-refractivity contribution is 7.17. The van der Waals surface area contributed by atoms with Crippen molar-refractivity contribution < 1.29 is 0 Å². The van der Waals surface area contributed by atoms with Gasteiger partial charge in [-0.1, -0.05) is 40.0 Å². The van der Waals surface area contributed by atoms with Gasteiger partial charge < -0.3 is 5.73 Å². The Hall–Kier alpha value is 0.390. The topological polar surface area (TPSA) is 26.0 Å². The monoisotopic (exact) mass is 257 g/mol. The second-order valence-electron chi connectivity index (χ2n) is 6.38. The molecule has 17 heavy (non-hydrogen) atoms. The molecule has 1 rings (SSSR count). The van der Waals surface area contributed by atoms with E-state index in [0.29, 0.717) is 0 Å². The molecule has 1 nitrogen and oxygen atoms in total. The van der Waals surface area contributed by atoms with Crippen LogP contribution in [0.3, 0.4) is 0 Å². The minimum Gasteiger partial charge on any atom is -0.330 e. The van der Waals surface area contributed by atoms with E-state index in [9.17, 15) is 0 Å². The molecule has 0 amide bonds. The highest BCUT2D eigenvalue weighted by atomic mass is 31.0. The summed E-state index contributed by atoms with van der Waals surface area (Å²) in [6.07, 6.45) is 8.49. The fourth-order valence-corrected chi connectivity index (χ4v) is 3.32. The Kier molecular flexibility index (Phi) is 7.04. The minimum absolute atomic E-state index is 0.727. The predicted molar refractivity (Wildman–Crippen MR) is 81.2 cm³/mol. The number of hydrogen-bond donors (Lipinski definition) is 1. The molecule has 6 unspecified atom stereocenters. The van der Waals surface area contributed by atoms with Gasteiger partial charge in [-0.2, -0.15) is 0 Å². The first-order valence-electron chi connectivity index (χ1n) is 7.51. The lowest BCUT2D eigenvalue weighted by Crippen LogP contribution is -2.11. The van der Waals surface area contributed by atoms with Crippen LogP contribution in [0.4, 0.5) is 0 Å². The third-order valence-corrected chi connectivity index (χ3v) is 4.87. The van der Waals surface area contributed by atoms with E-state index in [4.69, 9.17) is 5.73 Å². The van der Waals surface area contributed by atoms with Crippen LogP contribution in [0.15, 0.2) is 0 Å². The van der Waals surface area contributed by atoms with Gasteiger partial charge in [0, 0.05) is 0 Å². The van der Waals surface area contributed by atoms with E-state index in [-0.39, 0.29) is 0 Å². The van der Waals surface area contributed by atoms with E-state index in [2.05, 4.69) is 30.0 Å². The summed E-state index contributed by atoms with van der Waals surface area (Å²) in [6, 6.07) is 0. The number of unbranched alkanes of at least 4 members (excludes halogenated alkanes) is 2. The van der Waals surface area contributed by atoms with Gasteiger partial charge in [0.05, 0.1) is 0 Å². The zero-order valence-corrected chi connectivity index (χ0v) is 13.1. The summed E-state index contributed by atoms with van der Waals surface area (Å²) in [6.45, 7) is 7.88. The van der Waals surface area contributed by atoms with Gasteiger partial charge in [0.2, 0.25) is 0 Å². The van der Waals surface area contributed by atoms with Crippen molar-refractivity contribution in [2.75, 3.05) is 6.54 Å². The van der Waals surface area contributed by atoms with Crippen LogP contribution in [-0.2, 0) is 0 Å². The van der Waals surface area contributed by atoms with Crippen molar-refractivity contribution in [1.82, 2.24) is 0 Å².